The molecule has 0 spiro atoms. The third-order valence-corrected chi connectivity index (χ3v) is 6.07. The van der Waals surface area contributed by atoms with Crippen LogP contribution in [0.3, 0.4) is 0 Å². The summed E-state index contributed by atoms with van der Waals surface area (Å²) in [4.78, 5) is 29.9. The first-order valence-corrected chi connectivity index (χ1v) is 10.1. The predicted octanol–water partition coefficient (Wildman–Crippen LogP) is 3.51. The van der Waals surface area contributed by atoms with E-state index in [2.05, 4.69) is 5.32 Å². The van der Waals surface area contributed by atoms with Gasteiger partial charge in [-0.15, -0.1) is 0 Å². The molecule has 2 aromatic rings. The molecule has 0 bridgehead atoms. The van der Waals surface area contributed by atoms with E-state index < -0.39 is 5.41 Å². The first-order valence-electron chi connectivity index (χ1n) is 10.1. The van der Waals surface area contributed by atoms with Gasteiger partial charge in [0.15, 0.2) is 0 Å². The minimum atomic E-state index is -0.950. The van der Waals surface area contributed by atoms with Gasteiger partial charge in [0, 0.05) is 31.9 Å². The molecule has 6 heteroatoms. The highest BCUT2D eigenvalue weighted by Gasteiger charge is 2.58. The van der Waals surface area contributed by atoms with Gasteiger partial charge in [-0.1, -0.05) is 30.3 Å². The Balaban J connectivity index is 1.42. The lowest BCUT2D eigenvalue weighted by Gasteiger charge is -2.37. The first kappa shape index (κ1) is 19.4. The van der Waals surface area contributed by atoms with Gasteiger partial charge < -0.3 is 15.1 Å². The summed E-state index contributed by atoms with van der Waals surface area (Å²) >= 11 is 0. The molecule has 5 nitrogen and oxygen atoms in total. The second kappa shape index (κ2) is 7.50. The van der Waals surface area contributed by atoms with Gasteiger partial charge in [-0.3, -0.25) is 9.59 Å². The number of hydrogen-bond acceptors (Lipinski definition) is 3. The summed E-state index contributed by atoms with van der Waals surface area (Å²) in [7, 11) is 0. The van der Waals surface area contributed by atoms with Crippen molar-refractivity contribution in [2.75, 3.05) is 36.4 Å². The van der Waals surface area contributed by atoms with E-state index in [-0.39, 0.29) is 17.6 Å². The summed E-state index contributed by atoms with van der Waals surface area (Å²) < 4.78 is 14.0. The average Bonchev–Trinajstić information content (AvgIpc) is 3.53. The molecule has 0 aromatic heterocycles. The van der Waals surface area contributed by atoms with Crippen LogP contribution >= 0.6 is 0 Å². The largest absolute Gasteiger partial charge is 0.366 e. The standard InChI is InChI=1S/C23H26FN3O2/c1-16-6-5-7-17(2)20(16)25-21(28)23(10-11-23)22(29)27-14-12-26(13-15-27)19-9-4-3-8-18(19)24/h3-9H,10-15H2,1-2H3,(H,25,28). The fraction of sp³-hybridized carbons (Fsp3) is 0.391. The molecule has 2 aliphatic rings. The van der Waals surface area contributed by atoms with Gasteiger partial charge in [0.25, 0.3) is 0 Å². The number of carbonyl (C=O) groups excluding carboxylic acids is 2. The second-order valence-electron chi connectivity index (χ2n) is 8.03. The van der Waals surface area contributed by atoms with Crippen LogP contribution in [0.25, 0.3) is 0 Å². The molecule has 2 amide bonds. The molecular formula is C23H26FN3O2. The van der Waals surface area contributed by atoms with E-state index >= 15 is 0 Å². The highest BCUT2D eigenvalue weighted by molar-refractivity contribution is 6.13. The van der Waals surface area contributed by atoms with Crippen LogP contribution in [0, 0.1) is 25.1 Å². The van der Waals surface area contributed by atoms with E-state index in [1.807, 2.05) is 43.0 Å². The van der Waals surface area contributed by atoms with Gasteiger partial charge in [-0.2, -0.15) is 0 Å². The van der Waals surface area contributed by atoms with Crippen LogP contribution in [0.1, 0.15) is 24.0 Å². The normalized spacial score (nSPS) is 17.8. The molecule has 0 unspecified atom stereocenters. The van der Waals surface area contributed by atoms with Gasteiger partial charge in [0.1, 0.15) is 11.2 Å². The predicted molar refractivity (Wildman–Crippen MR) is 111 cm³/mol. The lowest BCUT2D eigenvalue weighted by atomic mass is 10.0. The summed E-state index contributed by atoms with van der Waals surface area (Å²) in [6, 6.07) is 12.5. The number of benzene rings is 2. The number of para-hydroxylation sites is 2. The van der Waals surface area contributed by atoms with Gasteiger partial charge in [0.2, 0.25) is 11.8 Å². The molecule has 0 radical (unpaired) electrons. The maximum Gasteiger partial charge on any atom is 0.240 e. The van der Waals surface area contributed by atoms with Crippen molar-refractivity contribution in [1.82, 2.24) is 4.90 Å². The van der Waals surface area contributed by atoms with E-state index in [0.717, 1.165) is 16.8 Å². The molecule has 1 heterocycles. The van der Waals surface area contributed by atoms with Crippen molar-refractivity contribution < 1.29 is 14.0 Å². The van der Waals surface area contributed by atoms with Crippen molar-refractivity contribution in [2.45, 2.75) is 26.7 Å². The monoisotopic (exact) mass is 395 g/mol. The van der Waals surface area contributed by atoms with Crippen molar-refractivity contribution in [3.05, 3.63) is 59.4 Å². The van der Waals surface area contributed by atoms with E-state index in [0.29, 0.717) is 44.7 Å². The third-order valence-electron chi connectivity index (χ3n) is 6.07. The van der Waals surface area contributed by atoms with Gasteiger partial charge in [-0.25, -0.2) is 4.39 Å². The number of carbonyl (C=O) groups is 2. The van der Waals surface area contributed by atoms with Crippen molar-refractivity contribution in [3.8, 4) is 0 Å². The number of rotatable bonds is 4. The maximum atomic E-state index is 14.0. The van der Waals surface area contributed by atoms with Crippen LogP contribution in [-0.4, -0.2) is 42.9 Å². The van der Waals surface area contributed by atoms with Crippen LogP contribution < -0.4 is 10.2 Å². The zero-order valence-corrected chi connectivity index (χ0v) is 16.9. The molecule has 2 aromatic carbocycles. The Morgan fingerprint density at radius 1 is 0.931 bits per heavy atom. The van der Waals surface area contributed by atoms with Crippen molar-refractivity contribution in [1.29, 1.82) is 0 Å². The SMILES string of the molecule is Cc1cccc(C)c1NC(=O)C1(C(=O)N2CCN(c3ccccc3F)CC2)CC1. The van der Waals surface area contributed by atoms with Crippen molar-refractivity contribution >= 4 is 23.2 Å². The fourth-order valence-electron chi connectivity index (χ4n) is 4.07. The Morgan fingerprint density at radius 2 is 1.55 bits per heavy atom. The van der Waals surface area contributed by atoms with Crippen LogP contribution in [-0.2, 0) is 9.59 Å². The number of piperazine rings is 1. The molecule has 2 fully saturated rings. The molecular weight excluding hydrogens is 369 g/mol. The Labute approximate surface area is 170 Å². The quantitative estimate of drug-likeness (QED) is 0.806. The Hall–Kier alpha value is -2.89. The van der Waals surface area contributed by atoms with Crippen LogP contribution in [0.2, 0.25) is 0 Å². The van der Waals surface area contributed by atoms with Crippen LogP contribution in [0.4, 0.5) is 15.8 Å². The van der Waals surface area contributed by atoms with Crippen molar-refractivity contribution in [3.63, 3.8) is 0 Å². The number of nitrogens with one attached hydrogen (secondary N) is 1. The Bertz CT molecular complexity index is 927. The summed E-state index contributed by atoms with van der Waals surface area (Å²) in [5.41, 5.74) is 2.38. The summed E-state index contributed by atoms with van der Waals surface area (Å²) in [5, 5.41) is 3.00. The van der Waals surface area contributed by atoms with Crippen LogP contribution in [0.5, 0.6) is 0 Å². The highest BCUT2D eigenvalue weighted by Crippen LogP contribution is 2.48. The Morgan fingerprint density at radius 3 is 2.14 bits per heavy atom. The fourth-order valence-corrected chi connectivity index (χ4v) is 4.07. The number of amides is 2. The lowest BCUT2D eigenvalue weighted by Crippen LogP contribution is -2.52. The highest BCUT2D eigenvalue weighted by atomic mass is 19.1. The molecule has 1 saturated carbocycles. The van der Waals surface area contributed by atoms with Crippen LogP contribution in [0.15, 0.2) is 42.5 Å². The number of nitrogens with zero attached hydrogens (tertiary/aromatic N) is 2. The zero-order chi connectivity index (χ0) is 20.6. The molecule has 29 heavy (non-hydrogen) atoms. The molecule has 152 valence electrons. The summed E-state index contributed by atoms with van der Waals surface area (Å²) in [6.45, 7) is 6.00. The second-order valence-corrected chi connectivity index (χ2v) is 8.03. The molecule has 1 N–H and O–H groups in total. The van der Waals surface area contributed by atoms with Gasteiger partial charge in [-0.05, 0) is 49.9 Å². The molecule has 1 aliphatic heterocycles. The minimum absolute atomic E-state index is 0.102. The van der Waals surface area contributed by atoms with E-state index in [1.54, 1.807) is 17.0 Å². The summed E-state index contributed by atoms with van der Waals surface area (Å²) in [6.07, 6.45) is 1.16. The van der Waals surface area contributed by atoms with E-state index in [9.17, 15) is 14.0 Å². The lowest BCUT2D eigenvalue weighted by molar-refractivity contribution is -0.142. The van der Waals surface area contributed by atoms with Crippen molar-refractivity contribution in [2.24, 2.45) is 5.41 Å². The summed E-state index contributed by atoms with van der Waals surface area (Å²) in [5.74, 6) is -0.565. The van der Waals surface area contributed by atoms with E-state index in [4.69, 9.17) is 0 Å². The van der Waals surface area contributed by atoms with Gasteiger partial charge >= 0.3 is 0 Å². The minimum Gasteiger partial charge on any atom is -0.366 e. The maximum absolute atomic E-state index is 14.0. The number of anilines is 2. The first-order chi connectivity index (χ1) is 13.9. The Kier molecular flexibility index (Phi) is 5.03. The number of hydrogen-bond donors (Lipinski definition) is 1. The number of halogens is 1. The average molecular weight is 395 g/mol. The molecule has 1 aliphatic carbocycles. The van der Waals surface area contributed by atoms with Gasteiger partial charge in [0.05, 0.1) is 5.69 Å². The van der Waals surface area contributed by atoms with E-state index in [1.165, 1.54) is 6.07 Å². The smallest absolute Gasteiger partial charge is 0.240 e. The molecule has 1 saturated heterocycles. The number of aryl methyl sites for hydroxylation is 2. The molecule has 0 atom stereocenters. The molecule has 4 rings (SSSR count). The zero-order valence-electron chi connectivity index (χ0n) is 16.9. The topological polar surface area (TPSA) is 52.7 Å². The third kappa shape index (κ3) is 3.59.